The van der Waals surface area contributed by atoms with E-state index in [0.717, 1.165) is 25.7 Å². The van der Waals surface area contributed by atoms with Gasteiger partial charge in [0.2, 0.25) is 0 Å². The highest BCUT2D eigenvalue weighted by molar-refractivity contribution is 5.72. The SMILES string of the molecule is CCCCCCC(CC)C(=O)OCCCCO. The Morgan fingerprint density at radius 1 is 1.12 bits per heavy atom. The quantitative estimate of drug-likeness (QED) is 0.448. The molecular weight excluding hydrogens is 216 g/mol. The molecule has 0 fully saturated rings. The van der Waals surface area contributed by atoms with E-state index in [2.05, 4.69) is 6.92 Å². The van der Waals surface area contributed by atoms with Crippen LogP contribution >= 0.6 is 0 Å². The fourth-order valence-electron chi connectivity index (χ4n) is 1.81. The van der Waals surface area contributed by atoms with Gasteiger partial charge in [-0.05, 0) is 25.7 Å². The van der Waals surface area contributed by atoms with Crippen LogP contribution in [-0.2, 0) is 9.53 Å². The minimum absolute atomic E-state index is 0.0538. The number of carbonyl (C=O) groups excluding carboxylic acids is 1. The zero-order valence-electron chi connectivity index (χ0n) is 11.4. The van der Waals surface area contributed by atoms with Crippen molar-refractivity contribution in [3.63, 3.8) is 0 Å². The molecule has 0 saturated carbocycles. The van der Waals surface area contributed by atoms with E-state index < -0.39 is 0 Å². The number of ether oxygens (including phenoxy) is 1. The van der Waals surface area contributed by atoms with E-state index >= 15 is 0 Å². The van der Waals surface area contributed by atoms with Crippen molar-refractivity contribution in [2.45, 2.75) is 65.2 Å². The molecule has 1 unspecified atom stereocenters. The fraction of sp³-hybridized carbons (Fsp3) is 0.929. The van der Waals surface area contributed by atoms with Gasteiger partial charge in [0.15, 0.2) is 0 Å². The first kappa shape index (κ1) is 16.4. The Balaban J connectivity index is 3.64. The van der Waals surface area contributed by atoms with E-state index in [9.17, 15) is 4.79 Å². The molecule has 0 aliphatic carbocycles. The van der Waals surface area contributed by atoms with Crippen molar-refractivity contribution in [3.05, 3.63) is 0 Å². The summed E-state index contributed by atoms with van der Waals surface area (Å²) in [5.41, 5.74) is 0. The molecule has 0 rings (SSSR count). The molecule has 0 spiro atoms. The molecule has 0 saturated heterocycles. The van der Waals surface area contributed by atoms with E-state index in [1.165, 1.54) is 19.3 Å². The zero-order valence-corrected chi connectivity index (χ0v) is 11.4. The number of rotatable bonds is 11. The van der Waals surface area contributed by atoms with Crippen molar-refractivity contribution in [3.8, 4) is 0 Å². The minimum atomic E-state index is -0.0538. The van der Waals surface area contributed by atoms with E-state index in [4.69, 9.17) is 9.84 Å². The second-order valence-electron chi connectivity index (χ2n) is 4.55. The highest BCUT2D eigenvalue weighted by Gasteiger charge is 2.16. The van der Waals surface area contributed by atoms with E-state index in [-0.39, 0.29) is 18.5 Å². The predicted molar refractivity (Wildman–Crippen MR) is 69.8 cm³/mol. The molecule has 0 aromatic heterocycles. The van der Waals surface area contributed by atoms with Crippen molar-refractivity contribution >= 4 is 5.97 Å². The van der Waals surface area contributed by atoms with Crippen LogP contribution in [0.5, 0.6) is 0 Å². The number of unbranched alkanes of at least 4 members (excludes halogenated alkanes) is 4. The fourth-order valence-corrected chi connectivity index (χ4v) is 1.81. The van der Waals surface area contributed by atoms with Gasteiger partial charge in [-0.25, -0.2) is 0 Å². The molecule has 0 bridgehead atoms. The third-order valence-electron chi connectivity index (χ3n) is 3.03. The first-order chi connectivity index (χ1) is 8.26. The summed E-state index contributed by atoms with van der Waals surface area (Å²) in [6.07, 6.45) is 8.10. The number of carbonyl (C=O) groups is 1. The molecule has 0 aromatic carbocycles. The minimum Gasteiger partial charge on any atom is -0.465 e. The molecule has 102 valence electrons. The van der Waals surface area contributed by atoms with Gasteiger partial charge < -0.3 is 9.84 Å². The molecule has 3 heteroatoms. The average molecular weight is 244 g/mol. The third kappa shape index (κ3) is 9.16. The lowest BCUT2D eigenvalue weighted by Crippen LogP contribution is -2.18. The molecule has 1 N–H and O–H groups in total. The van der Waals surface area contributed by atoms with E-state index in [1.54, 1.807) is 0 Å². The molecule has 1 atom stereocenters. The molecule has 0 radical (unpaired) electrons. The van der Waals surface area contributed by atoms with Crippen LogP contribution < -0.4 is 0 Å². The molecule has 0 heterocycles. The molecular formula is C14H28O3. The standard InChI is InChI=1S/C14H28O3/c1-3-5-6-7-10-13(4-2)14(16)17-12-9-8-11-15/h13,15H,3-12H2,1-2H3. The van der Waals surface area contributed by atoms with Crippen LogP contribution in [0.1, 0.15) is 65.2 Å². The van der Waals surface area contributed by atoms with Crippen LogP contribution in [0.3, 0.4) is 0 Å². The number of esters is 1. The third-order valence-corrected chi connectivity index (χ3v) is 3.03. The first-order valence-electron chi connectivity index (χ1n) is 7.03. The maximum Gasteiger partial charge on any atom is 0.308 e. The molecule has 0 aliphatic rings. The van der Waals surface area contributed by atoms with Crippen LogP contribution in [0.25, 0.3) is 0 Å². The maximum absolute atomic E-state index is 11.7. The van der Waals surface area contributed by atoms with Gasteiger partial charge in [0.25, 0.3) is 0 Å². The van der Waals surface area contributed by atoms with Crippen molar-refractivity contribution in [1.29, 1.82) is 0 Å². The van der Waals surface area contributed by atoms with Gasteiger partial charge in [-0.3, -0.25) is 4.79 Å². The van der Waals surface area contributed by atoms with Crippen molar-refractivity contribution in [2.24, 2.45) is 5.92 Å². The Bertz CT molecular complexity index is 180. The summed E-state index contributed by atoms with van der Waals surface area (Å²) in [5.74, 6) is 0.0166. The van der Waals surface area contributed by atoms with Crippen LogP contribution in [-0.4, -0.2) is 24.3 Å². The Morgan fingerprint density at radius 3 is 2.47 bits per heavy atom. The highest BCUT2D eigenvalue weighted by atomic mass is 16.5. The van der Waals surface area contributed by atoms with Gasteiger partial charge in [-0.2, -0.15) is 0 Å². The van der Waals surface area contributed by atoms with Gasteiger partial charge in [0, 0.05) is 6.61 Å². The van der Waals surface area contributed by atoms with Gasteiger partial charge in [0.05, 0.1) is 12.5 Å². The average Bonchev–Trinajstić information content (AvgIpc) is 2.34. The lowest BCUT2D eigenvalue weighted by molar-refractivity contribution is -0.149. The molecule has 0 amide bonds. The van der Waals surface area contributed by atoms with Crippen LogP contribution in [0.4, 0.5) is 0 Å². The Hall–Kier alpha value is -0.570. The second kappa shape index (κ2) is 11.9. The van der Waals surface area contributed by atoms with Gasteiger partial charge in [-0.15, -0.1) is 0 Å². The maximum atomic E-state index is 11.7. The number of hydrogen-bond acceptors (Lipinski definition) is 3. The number of hydrogen-bond donors (Lipinski definition) is 1. The van der Waals surface area contributed by atoms with Gasteiger partial charge >= 0.3 is 5.97 Å². The summed E-state index contributed by atoms with van der Waals surface area (Å²) in [4.78, 5) is 11.7. The molecule has 0 aliphatic heterocycles. The molecule has 17 heavy (non-hydrogen) atoms. The van der Waals surface area contributed by atoms with E-state index in [0.29, 0.717) is 13.0 Å². The molecule has 0 aromatic rings. The second-order valence-corrected chi connectivity index (χ2v) is 4.55. The first-order valence-corrected chi connectivity index (χ1v) is 7.03. The summed E-state index contributed by atoms with van der Waals surface area (Å²) in [6, 6.07) is 0. The summed E-state index contributed by atoms with van der Waals surface area (Å²) >= 11 is 0. The Kier molecular flexibility index (Phi) is 11.5. The van der Waals surface area contributed by atoms with Gasteiger partial charge in [-0.1, -0.05) is 39.5 Å². The zero-order chi connectivity index (χ0) is 12.9. The largest absolute Gasteiger partial charge is 0.465 e. The lowest BCUT2D eigenvalue weighted by Gasteiger charge is -2.13. The summed E-state index contributed by atoms with van der Waals surface area (Å²) in [7, 11) is 0. The smallest absolute Gasteiger partial charge is 0.308 e. The summed E-state index contributed by atoms with van der Waals surface area (Å²) < 4.78 is 5.20. The van der Waals surface area contributed by atoms with Crippen LogP contribution in [0.2, 0.25) is 0 Å². The van der Waals surface area contributed by atoms with Crippen LogP contribution in [0.15, 0.2) is 0 Å². The van der Waals surface area contributed by atoms with Crippen molar-refractivity contribution in [2.75, 3.05) is 13.2 Å². The molecule has 3 nitrogen and oxygen atoms in total. The van der Waals surface area contributed by atoms with E-state index in [1.807, 2.05) is 6.92 Å². The topological polar surface area (TPSA) is 46.5 Å². The number of aliphatic hydroxyl groups is 1. The van der Waals surface area contributed by atoms with Gasteiger partial charge in [0.1, 0.15) is 0 Å². The van der Waals surface area contributed by atoms with Crippen molar-refractivity contribution in [1.82, 2.24) is 0 Å². The Morgan fingerprint density at radius 2 is 1.88 bits per heavy atom. The summed E-state index contributed by atoms with van der Waals surface area (Å²) in [6.45, 7) is 4.85. The highest BCUT2D eigenvalue weighted by Crippen LogP contribution is 2.16. The van der Waals surface area contributed by atoms with Crippen molar-refractivity contribution < 1.29 is 14.6 Å². The Labute approximate surface area is 106 Å². The predicted octanol–water partition coefficient (Wildman–Crippen LogP) is 3.30. The summed E-state index contributed by atoms with van der Waals surface area (Å²) in [5, 5.41) is 8.61. The monoisotopic (exact) mass is 244 g/mol. The normalized spacial score (nSPS) is 12.4. The lowest BCUT2D eigenvalue weighted by atomic mass is 9.98. The number of aliphatic hydroxyl groups excluding tert-OH is 1. The van der Waals surface area contributed by atoms with Crippen LogP contribution in [0, 0.1) is 5.92 Å².